The van der Waals surface area contributed by atoms with Gasteiger partial charge in [-0.15, -0.1) is 0 Å². The molecule has 8 heteroatoms. The Balaban J connectivity index is 1.30. The number of nitrogens with zero attached hydrogens (tertiary/aromatic N) is 1. The number of pyridine rings is 1. The first-order chi connectivity index (χ1) is 17.5. The number of hydrogen-bond donors (Lipinski definition) is 3. The first-order valence-corrected chi connectivity index (χ1v) is 12.2. The average Bonchev–Trinajstić information content (AvgIpc) is 3.25. The van der Waals surface area contributed by atoms with Gasteiger partial charge in [-0.1, -0.05) is 47.5 Å². The Labute approximate surface area is 217 Å². The molecule has 0 spiro atoms. The molecule has 5 aromatic rings. The Morgan fingerprint density at radius 2 is 1.64 bits per heavy atom. The maximum atomic E-state index is 12.4. The molecule has 0 bridgehead atoms. The predicted octanol–water partition coefficient (Wildman–Crippen LogP) is 6.47. The molecule has 2 aromatic heterocycles. The third kappa shape index (κ3) is 5.20. The number of fused-ring (bicyclic) bond motifs is 2. The number of aryl methyl sites for hydroxylation is 1. The number of rotatable bonds is 6. The highest BCUT2D eigenvalue weighted by molar-refractivity contribution is 6.31. The van der Waals surface area contributed by atoms with Crippen molar-refractivity contribution in [1.82, 2.24) is 20.8 Å². The molecule has 36 heavy (non-hydrogen) atoms. The van der Waals surface area contributed by atoms with E-state index in [1.54, 1.807) is 24.3 Å². The van der Waals surface area contributed by atoms with Crippen LogP contribution in [0.3, 0.4) is 0 Å². The molecule has 3 N–H and O–H groups in total. The van der Waals surface area contributed by atoms with Crippen molar-refractivity contribution < 1.29 is 9.59 Å². The Morgan fingerprint density at radius 1 is 0.861 bits per heavy atom. The molecule has 0 aliphatic heterocycles. The molecule has 5 rings (SSSR count). The second-order valence-corrected chi connectivity index (χ2v) is 9.29. The van der Waals surface area contributed by atoms with Crippen molar-refractivity contribution >= 4 is 56.8 Å². The van der Waals surface area contributed by atoms with Gasteiger partial charge in [-0.25, -0.2) is 4.98 Å². The number of benzene rings is 3. The van der Waals surface area contributed by atoms with Crippen LogP contribution in [0.25, 0.3) is 33.2 Å². The highest BCUT2D eigenvalue weighted by Crippen LogP contribution is 2.33. The van der Waals surface area contributed by atoms with E-state index in [-0.39, 0.29) is 12.3 Å². The van der Waals surface area contributed by atoms with E-state index in [1.807, 2.05) is 48.5 Å². The van der Waals surface area contributed by atoms with Crippen LogP contribution >= 0.6 is 23.2 Å². The van der Waals surface area contributed by atoms with E-state index in [9.17, 15) is 9.59 Å². The van der Waals surface area contributed by atoms with Crippen molar-refractivity contribution in [2.45, 2.75) is 19.3 Å². The van der Waals surface area contributed by atoms with Crippen LogP contribution in [0.1, 0.15) is 28.8 Å². The lowest BCUT2D eigenvalue weighted by Gasteiger charge is -2.09. The van der Waals surface area contributed by atoms with Crippen molar-refractivity contribution in [3.63, 3.8) is 0 Å². The number of hydrazine groups is 1. The lowest BCUT2D eigenvalue weighted by molar-refractivity contribution is -0.121. The Bertz CT molecular complexity index is 1580. The summed E-state index contributed by atoms with van der Waals surface area (Å²) in [4.78, 5) is 32.9. The normalized spacial score (nSPS) is 11.1. The van der Waals surface area contributed by atoms with Crippen LogP contribution < -0.4 is 10.9 Å². The van der Waals surface area contributed by atoms with Crippen molar-refractivity contribution in [1.29, 1.82) is 0 Å². The maximum absolute atomic E-state index is 12.4. The summed E-state index contributed by atoms with van der Waals surface area (Å²) in [7, 11) is 0. The molecule has 0 aliphatic carbocycles. The van der Waals surface area contributed by atoms with E-state index in [1.165, 1.54) is 0 Å². The number of carbonyl (C=O) groups is 2. The third-order valence-electron chi connectivity index (χ3n) is 5.98. The van der Waals surface area contributed by atoms with Crippen LogP contribution in [-0.2, 0) is 11.2 Å². The van der Waals surface area contributed by atoms with Crippen LogP contribution in [-0.4, -0.2) is 21.8 Å². The van der Waals surface area contributed by atoms with Crippen LogP contribution in [0.5, 0.6) is 0 Å². The summed E-state index contributed by atoms with van der Waals surface area (Å²) in [5.41, 5.74) is 9.98. The lowest BCUT2D eigenvalue weighted by atomic mass is 10.0. The molecule has 0 fully saturated rings. The minimum atomic E-state index is -0.407. The molecule has 0 saturated carbocycles. The van der Waals surface area contributed by atoms with Gasteiger partial charge in [0.25, 0.3) is 5.91 Å². The highest BCUT2D eigenvalue weighted by atomic mass is 35.5. The monoisotopic (exact) mass is 516 g/mol. The second-order valence-electron chi connectivity index (χ2n) is 8.42. The zero-order valence-electron chi connectivity index (χ0n) is 19.1. The van der Waals surface area contributed by atoms with Crippen molar-refractivity contribution in [3.05, 3.63) is 100 Å². The van der Waals surface area contributed by atoms with Gasteiger partial charge in [0.05, 0.1) is 16.9 Å². The van der Waals surface area contributed by atoms with Crippen LogP contribution in [0.2, 0.25) is 10.0 Å². The number of halogens is 2. The maximum Gasteiger partial charge on any atom is 0.269 e. The smallest absolute Gasteiger partial charge is 0.269 e. The van der Waals surface area contributed by atoms with Crippen LogP contribution in [0.4, 0.5) is 0 Å². The van der Waals surface area contributed by atoms with Gasteiger partial charge in [-0.2, -0.15) is 0 Å². The molecule has 0 aliphatic rings. The zero-order valence-corrected chi connectivity index (χ0v) is 20.7. The summed E-state index contributed by atoms with van der Waals surface area (Å²) in [6.45, 7) is 0. The molecule has 0 unspecified atom stereocenters. The molecular formula is C28H22Cl2N4O2. The molecule has 2 amide bonds. The fraction of sp³-hybridized carbons (Fsp3) is 0.107. The molecule has 0 atom stereocenters. The summed E-state index contributed by atoms with van der Waals surface area (Å²) in [5, 5.41) is 3.25. The Kier molecular flexibility index (Phi) is 6.89. The number of hydrogen-bond acceptors (Lipinski definition) is 3. The van der Waals surface area contributed by atoms with Gasteiger partial charge in [0, 0.05) is 38.3 Å². The highest BCUT2D eigenvalue weighted by Gasteiger charge is 2.16. The zero-order chi connectivity index (χ0) is 25.1. The summed E-state index contributed by atoms with van der Waals surface area (Å²) in [6.07, 6.45) is 1.43. The van der Waals surface area contributed by atoms with Gasteiger partial charge in [0.15, 0.2) is 0 Å². The average molecular weight is 517 g/mol. The molecule has 0 radical (unpaired) electrons. The van der Waals surface area contributed by atoms with E-state index in [0.29, 0.717) is 28.5 Å². The lowest BCUT2D eigenvalue weighted by Crippen LogP contribution is -2.41. The van der Waals surface area contributed by atoms with Gasteiger partial charge in [0.1, 0.15) is 0 Å². The second kappa shape index (κ2) is 10.4. The van der Waals surface area contributed by atoms with Gasteiger partial charge in [-0.3, -0.25) is 20.4 Å². The van der Waals surface area contributed by atoms with Gasteiger partial charge in [-0.05, 0) is 73.0 Å². The van der Waals surface area contributed by atoms with E-state index < -0.39 is 5.91 Å². The van der Waals surface area contributed by atoms with E-state index in [0.717, 1.165) is 38.8 Å². The van der Waals surface area contributed by atoms with E-state index in [2.05, 4.69) is 21.9 Å². The molecule has 6 nitrogen and oxygen atoms in total. The standard InChI is InChI=1S/C28H22Cl2N4O2/c29-19-11-8-18(9-12-19)28(36)34-33-26(35)7-3-5-21-22-16-20(30)13-15-24(22)32-27(21)25-14-10-17-4-1-2-6-23(17)31-25/h1-2,4,6,8-16,32H,3,5,7H2,(H,33,35)(H,34,36). The summed E-state index contributed by atoms with van der Waals surface area (Å²) in [6, 6.07) is 24.2. The summed E-state index contributed by atoms with van der Waals surface area (Å²) < 4.78 is 0. The summed E-state index contributed by atoms with van der Waals surface area (Å²) >= 11 is 12.1. The largest absolute Gasteiger partial charge is 0.353 e. The minimum Gasteiger partial charge on any atom is -0.353 e. The Hall–Kier alpha value is -3.87. The Morgan fingerprint density at radius 3 is 2.47 bits per heavy atom. The van der Waals surface area contributed by atoms with Gasteiger partial charge >= 0.3 is 0 Å². The quantitative estimate of drug-likeness (QED) is 0.226. The topological polar surface area (TPSA) is 86.9 Å². The SMILES string of the molecule is O=C(CCCc1c(-c2ccc3ccccc3n2)[nH]c2ccc(Cl)cc12)NNC(=O)c1ccc(Cl)cc1. The predicted molar refractivity (Wildman–Crippen MR) is 144 cm³/mol. The number of carbonyl (C=O) groups excluding carboxylic acids is 2. The van der Waals surface area contributed by atoms with Gasteiger partial charge in [0.2, 0.25) is 5.91 Å². The number of aromatic nitrogens is 2. The molecule has 3 aromatic carbocycles. The number of amides is 2. The van der Waals surface area contributed by atoms with E-state index >= 15 is 0 Å². The minimum absolute atomic E-state index is 0.235. The van der Waals surface area contributed by atoms with Crippen molar-refractivity contribution in [3.8, 4) is 11.4 Å². The number of para-hydroxylation sites is 1. The van der Waals surface area contributed by atoms with Crippen molar-refractivity contribution in [2.24, 2.45) is 0 Å². The first-order valence-electron chi connectivity index (χ1n) is 11.5. The van der Waals surface area contributed by atoms with Gasteiger partial charge < -0.3 is 4.98 Å². The number of nitrogens with one attached hydrogen (secondary N) is 3. The summed E-state index contributed by atoms with van der Waals surface area (Å²) in [5.74, 6) is -0.684. The van der Waals surface area contributed by atoms with Crippen LogP contribution in [0, 0.1) is 0 Å². The van der Waals surface area contributed by atoms with Crippen molar-refractivity contribution in [2.75, 3.05) is 0 Å². The molecular weight excluding hydrogens is 495 g/mol. The number of H-pyrrole nitrogens is 1. The number of aromatic amines is 1. The fourth-order valence-corrected chi connectivity index (χ4v) is 4.49. The van der Waals surface area contributed by atoms with E-state index in [4.69, 9.17) is 28.2 Å². The molecule has 0 saturated heterocycles. The first kappa shape index (κ1) is 23.9. The third-order valence-corrected chi connectivity index (χ3v) is 6.46. The fourth-order valence-electron chi connectivity index (χ4n) is 4.19. The van der Waals surface area contributed by atoms with Crippen LogP contribution in [0.15, 0.2) is 78.9 Å². The molecule has 180 valence electrons. The molecule has 2 heterocycles.